The van der Waals surface area contributed by atoms with E-state index in [2.05, 4.69) is 17.2 Å². The molecule has 2 N–H and O–H groups in total. The van der Waals surface area contributed by atoms with Crippen LogP contribution in [0.3, 0.4) is 0 Å². The van der Waals surface area contributed by atoms with Crippen molar-refractivity contribution in [2.24, 2.45) is 0 Å². The molecular formula is C20H35N3O2. The molecule has 2 rings (SSSR count). The van der Waals surface area contributed by atoms with Crippen LogP contribution < -0.4 is 5.32 Å². The van der Waals surface area contributed by atoms with Gasteiger partial charge in [0.15, 0.2) is 0 Å². The molecule has 1 aromatic rings. The molecule has 0 bridgehead atoms. The number of pyridine rings is 1. The Morgan fingerprint density at radius 2 is 1.84 bits per heavy atom. The molecule has 2 atom stereocenters. The lowest BCUT2D eigenvalue weighted by molar-refractivity contribution is -0.135. The predicted molar refractivity (Wildman–Crippen MR) is 102 cm³/mol. The van der Waals surface area contributed by atoms with Gasteiger partial charge in [-0.2, -0.15) is 0 Å². The first-order valence-electron chi connectivity index (χ1n) is 9.34. The fourth-order valence-electron chi connectivity index (χ4n) is 3.21. The minimum atomic E-state index is -0.836. The van der Waals surface area contributed by atoms with Crippen LogP contribution in [0.5, 0.6) is 0 Å². The molecule has 1 aliphatic heterocycles. The Bertz CT molecular complexity index is 475. The summed E-state index contributed by atoms with van der Waals surface area (Å²) in [4.78, 5) is 18.7. The maximum atomic E-state index is 12.8. The number of amides is 1. The second kappa shape index (κ2) is 12.0. The van der Waals surface area contributed by atoms with E-state index in [0.29, 0.717) is 0 Å². The summed E-state index contributed by atoms with van der Waals surface area (Å²) in [5, 5.41) is 14.0. The summed E-state index contributed by atoms with van der Waals surface area (Å²) >= 11 is 0. The predicted octanol–water partition coefficient (Wildman–Crippen LogP) is 3.30. The topological polar surface area (TPSA) is 65.5 Å². The van der Waals surface area contributed by atoms with Gasteiger partial charge >= 0.3 is 0 Å². The summed E-state index contributed by atoms with van der Waals surface area (Å²) in [5.74, 6) is 0.0189. The Kier molecular flexibility index (Phi) is 10.3. The summed E-state index contributed by atoms with van der Waals surface area (Å²) in [5.41, 5.74) is 0.737. The maximum Gasteiger partial charge on any atom is 0.242 e. The van der Waals surface area contributed by atoms with Crippen LogP contribution >= 0.6 is 0 Å². The molecule has 142 valence electrons. The number of aliphatic hydroxyl groups is 1. The van der Waals surface area contributed by atoms with E-state index in [0.717, 1.165) is 50.9 Å². The van der Waals surface area contributed by atoms with Crippen molar-refractivity contribution in [2.75, 3.05) is 19.6 Å². The monoisotopic (exact) mass is 349 g/mol. The standard InChI is InChI=1S/C19H31N3O2.CH4/c1-2-3-4-5-6-11-21-17(19(24)22-14-7-8-15-22)18(23)16-9-12-20-13-10-16;/h9-10,12-13,17-18,21,23H,2-8,11,14-15H2,1H3;1H4/t17-,18+;/m1./s1. The van der Waals surface area contributed by atoms with Crippen LogP contribution in [0.2, 0.25) is 0 Å². The highest BCUT2D eigenvalue weighted by Gasteiger charge is 2.32. The molecule has 0 aromatic carbocycles. The highest BCUT2D eigenvalue weighted by atomic mass is 16.3. The van der Waals surface area contributed by atoms with Crippen LogP contribution in [0.1, 0.15) is 71.0 Å². The summed E-state index contributed by atoms with van der Waals surface area (Å²) in [7, 11) is 0. The van der Waals surface area contributed by atoms with Gasteiger partial charge in [-0.05, 0) is 43.5 Å². The molecule has 0 aliphatic carbocycles. The fraction of sp³-hybridized carbons (Fsp3) is 0.700. The molecule has 1 aromatic heterocycles. The van der Waals surface area contributed by atoms with Crippen LogP contribution in [-0.2, 0) is 4.79 Å². The molecule has 25 heavy (non-hydrogen) atoms. The van der Waals surface area contributed by atoms with Gasteiger partial charge in [-0.1, -0.05) is 40.0 Å². The van der Waals surface area contributed by atoms with Gasteiger partial charge in [0, 0.05) is 25.5 Å². The Labute approximate surface area is 152 Å². The minimum absolute atomic E-state index is 0. The van der Waals surface area contributed by atoms with Gasteiger partial charge in [0.1, 0.15) is 12.1 Å². The minimum Gasteiger partial charge on any atom is -0.386 e. The summed E-state index contributed by atoms with van der Waals surface area (Å²) in [6.07, 6.45) is 10.5. The fourth-order valence-corrected chi connectivity index (χ4v) is 3.21. The van der Waals surface area contributed by atoms with Crippen LogP contribution in [0.25, 0.3) is 0 Å². The van der Waals surface area contributed by atoms with E-state index in [-0.39, 0.29) is 13.3 Å². The number of likely N-dealkylation sites (tertiary alicyclic amines) is 1. The van der Waals surface area contributed by atoms with Crippen molar-refractivity contribution in [3.63, 3.8) is 0 Å². The maximum absolute atomic E-state index is 12.8. The largest absolute Gasteiger partial charge is 0.386 e. The molecule has 1 aliphatic rings. The smallest absolute Gasteiger partial charge is 0.242 e. The van der Waals surface area contributed by atoms with Gasteiger partial charge < -0.3 is 15.3 Å². The van der Waals surface area contributed by atoms with Crippen LogP contribution in [0.4, 0.5) is 0 Å². The van der Waals surface area contributed by atoms with Crippen LogP contribution in [0, 0.1) is 0 Å². The van der Waals surface area contributed by atoms with E-state index in [4.69, 9.17) is 0 Å². The van der Waals surface area contributed by atoms with E-state index in [1.165, 1.54) is 19.3 Å². The Morgan fingerprint density at radius 1 is 1.20 bits per heavy atom. The van der Waals surface area contributed by atoms with E-state index in [1.807, 2.05) is 4.90 Å². The lowest BCUT2D eigenvalue weighted by Gasteiger charge is -2.28. The highest BCUT2D eigenvalue weighted by molar-refractivity contribution is 5.83. The van der Waals surface area contributed by atoms with Gasteiger partial charge in [0.2, 0.25) is 5.91 Å². The van der Waals surface area contributed by atoms with E-state index in [1.54, 1.807) is 24.5 Å². The Balaban J connectivity index is 0.00000312. The number of rotatable bonds is 10. The number of carbonyl (C=O) groups excluding carboxylic acids is 1. The Hall–Kier alpha value is -1.46. The highest BCUT2D eigenvalue weighted by Crippen LogP contribution is 2.20. The van der Waals surface area contributed by atoms with Crippen molar-refractivity contribution in [2.45, 2.75) is 71.4 Å². The number of aromatic nitrogens is 1. The zero-order valence-corrected chi connectivity index (χ0v) is 14.8. The van der Waals surface area contributed by atoms with Crippen molar-refractivity contribution < 1.29 is 9.90 Å². The first-order chi connectivity index (χ1) is 11.7. The van der Waals surface area contributed by atoms with Crippen LogP contribution in [-0.4, -0.2) is 46.6 Å². The number of nitrogens with zero attached hydrogens (tertiary/aromatic N) is 2. The SMILES string of the molecule is C.CCCCCCCN[C@@H](C(=O)N1CCCC1)[C@@H](O)c1ccncc1. The molecular weight excluding hydrogens is 314 g/mol. The summed E-state index contributed by atoms with van der Waals surface area (Å²) < 4.78 is 0. The quantitative estimate of drug-likeness (QED) is 0.636. The van der Waals surface area contributed by atoms with Crippen molar-refractivity contribution >= 4 is 5.91 Å². The van der Waals surface area contributed by atoms with Crippen molar-refractivity contribution in [3.8, 4) is 0 Å². The van der Waals surface area contributed by atoms with Gasteiger partial charge in [-0.15, -0.1) is 0 Å². The van der Waals surface area contributed by atoms with E-state index < -0.39 is 12.1 Å². The molecule has 0 radical (unpaired) electrons. The molecule has 1 fully saturated rings. The molecule has 1 amide bonds. The number of unbranched alkanes of at least 4 members (excludes halogenated alkanes) is 4. The first kappa shape index (κ1) is 21.6. The van der Waals surface area contributed by atoms with Crippen molar-refractivity contribution in [3.05, 3.63) is 30.1 Å². The van der Waals surface area contributed by atoms with Crippen molar-refractivity contribution in [1.29, 1.82) is 0 Å². The van der Waals surface area contributed by atoms with Gasteiger partial charge in [0.25, 0.3) is 0 Å². The number of aliphatic hydroxyl groups excluding tert-OH is 1. The second-order valence-corrected chi connectivity index (χ2v) is 6.60. The molecule has 0 saturated carbocycles. The number of hydrogen-bond acceptors (Lipinski definition) is 4. The number of carbonyl (C=O) groups is 1. The zero-order valence-electron chi connectivity index (χ0n) is 14.8. The second-order valence-electron chi connectivity index (χ2n) is 6.60. The molecule has 5 heteroatoms. The molecule has 0 spiro atoms. The van der Waals surface area contributed by atoms with Crippen LogP contribution in [0.15, 0.2) is 24.5 Å². The lowest BCUT2D eigenvalue weighted by Crippen LogP contribution is -2.49. The summed E-state index contributed by atoms with van der Waals surface area (Å²) in [6, 6.07) is 2.98. The van der Waals surface area contributed by atoms with E-state index in [9.17, 15) is 9.90 Å². The zero-order chi connectivity index (χ0) is 17.2. The normalized spacial score (nSPS) is 16.3. The molecule has 5 nitrogen and oxygen atoms in total. The first-order valence-corrected chi connectivity index (χ1v) is 9.34. The number of hydrogen-bond donors (Lipinski definition) is 2. The van der Waals surface area contributed by atoms with Crippen molar-refractivity contribution in [1.82, 2.24) is 15.2 Å². The van der Waals surface area contributed by atoms with Gasteiger partial charge in [0.05, 0.1) is 0 Å². The average molecular weight is 350 g/mol. The number of nitrogens with one attached hydrogen (secondary N) is 1. The third kappa shape index (κ3) is 6.75. The molecule has 0 unspecified atom stereocenters. The van der Waals surface area contributed by atoms with Gasteiger partial charge in [-0.25, -0.2) is 0 Å². The van der Waals surface area contributed by atoms with E-state index >= 15 is 0 Å². The summed E-state index contributed by atoms with van der Waals surface area (Å²) in [6.45, 7) is 4.57. The van der Waals surface area contributed by atoms with Gasteiger partial charge in [-0.3, -0.25) is 9.78 Å². The lowest BCUT2D eigenvalue weighted by atomic mass is 10.0. The Morgan fingerprint density at radius 3 is 2.48 bits per heavy atom. The average Bonchev–Trinajstić information content (AvgIpc) is 3.15. The molecule has 1 saturated heterocycles. The third-order valence-electron chi connectivity index (χ3n) is 4.69. The third-order valence-corrected chi connectivity index (χ3v) is 4.69. The molecule has 2 heterocycles.